The molecule has 0 N–H and O–H groups in total. The third-order valence-electron chi connectivity index (χ3n) is 4.21. The van der Waals surface area contributed by atoms with Crippen molar-refractivity contribution in [3.63, 3.8) is 0 Å². The van der Waals surface area contributed by atoms with Crippen molar-refractivity contribution >= 4 is 28.3 Å². The second-order valence-electron chi connectivity index (χ2n) is 5.68. The Morgan fingerprint density at radius 3 is 2.77 bits per heavy atom. The lowest BCUT2D eigenvalue weighted by Gasteiger charge is -2.20. The summed E-state index contributed by atoms with van der Waals surface area (Å²) in [5, 5.41) is 0.493. The summed E-state index contributed by atoms with van der Waals surface area (Å²) in [7, 11) is -2.48. The van der Waals surface area contributed by atoms with E-state index >= 15 is 0 Å². The van der Waals surface area contributed by atoms with Gasteiger partial charge < -0.3 is 4.74 Å². The van der Waals surface area contributed by atoms with Gasteiger partial charge in [0.15, 0.2) is 0 Å². The predicted molar refractivity (Wildman–Crippen MR) is 86.8 cm³/mol. The van der Waals surface area contributed by atoms with Crippen LogP contribution in [0.4, 0.5) is 0 Å². The number of thiol groups is 1. The monoisotopic (exact) mass is 344 g/mol. The van der Waals surface area contributed by atoms with Crippen molar-refractivity contribution in [1.29, 1.82) is 0 Å². The lowest BCUT2D eigenvalue weighted by Crippen LogP contribution is -2.16. The highest BCUT2D eigenvalue weighted by Gasteiger charge is 2.29. The Morgan fingerprint density at radius 1 is 1.36 bits per heavy atom. The molecule has 0 bridgehead atoms. The normalized spacial score (nSPS) is 21.2. The van der Waals surface area contributed by atoms with Crippen LogP contribution in [0.5, 0.6) is 0 Å². The van der Waals surface area contributed by atoms with Gasteiger partial charge in [0.25, 0.3) is 0 Å². The number of hydrogen-bond acceptors (Lipinski definition) is 4. The van der Waals surface area contributed by atoms with E-state index in [0.717, 1.165) is 24.8 Å². The number of esters is 1. The summed E-state index contributed by atoms with van der Waals surface area (Å²) in [4.78, 5) is 11.3. The lowest BCUT2D eigenvalue weighted by atomic mass is 9.89. The first-order chi connectivity index (χ1) is 10.5. The van der Waals surface area contributed by atoms with Crippen molar-refractivity contribution in [2.45, 2.75) is 44.3 Å². The van der Waals surface area contributed by atoms with E-state index in [0.29, 0.717) is 35.4 Å². The molecule has 2 rings (SSSR count). The summed E-state index contributed by atoms with van der Waals surface area (Å²) < 4.78 is 26.9. The number of ether oxygens (including phenoxy) is 1. The molecule has 1 saturated carbocycles. The van der Waals surface area contributed by atoms with Gasteiger partial charge in [-0.3, -0.25) is 4.79 Å². The fourth-order valence-electron chi connectivity index (χ4n) is 3.04. The van der Waals surface area contributed by atoms with Crippen LogP contribution in [0.2, 0.25) is 5.02 Å². The van der Waals surface area contributed by atoms with E-state index in [1.807, 2.05) is 12.1 Å². The van der Waals surface area contributed by atoms with Crippen molar-refractivity contribution in [2.75, 3.05) is 6.61 Å². The van der Waals surface area contributed by atoms with Crippen LogP contribution in [0.25, 0.3) is 0 Å². The van der Waals surface area contributed by atoms with E-state index in [1.165, 1.54) is 0 Å². The van der Waals surface area contributed by atoms with Gasteiger partial charge in [0.2, 0.25) is 0 Å². The van der Waals surface area contributed by atoms with E-state index in [-0.39, 0.29) is 11.7 Å². The molecule has 122 valence electrons. The molecule has 0 radical (unpaired) electrons. The number of hydrogen-bond donors (Lipinski definition) is 1. The molecule has 0 saturated heterocycles. The zero-order valence-electron chi connectivity index (χ0n) is 12.6. The Hall–Kier alpha value is -1.07. The predicted octanol–water partition coefficient (Wildman–Crippen LogP) is 3.29. The molecular formula is C16H21ClO4S. The van der Waals surface area contributed by atoms with Crippen LogP contribution < -0.4 is 0 Å². The number of benzene rings is 1. The third-order valence-corrected chi connectivity index (χ3v) is 5.16. The molecule has 4 nitrogen and oxygen atoms in total. The molecule has 2 atom stereocenters. The summed E-state index contributed by atoms with van der Waals surface area (Å²) in [6.45, 7) is 2.23. The topological polar surface area (TPSA) is 60.4 Å². The second-order valence-corrected chi connectivity index (χ2v) is 7.06. The van der Waals surface area contributed by atoms with Crippen LogP contribution in [0.3, 0.4) is 0 Å². The average molecular weight is 345 g/mol. The van der Waals surface area contributed by atoms with Gasteiger partial charge in [0, 0.05) is 11.4 Å². The summed E-state index contributed by atoms with van der Waals surface area (Å²) in [5.41, 5.74) is 1.73. The quantitative estimate of drug-likeness (QED) is 0.635. The Balaban J connectivity index is 2.09. The van der Waals surface area contributed by atoms with Crippen LogP contribution in [0.15, 0.2) is 18.2 Å². The molecular weight excluding hydrogens is 324 g/mol. The molecule has 1 aromatic rings. The molecule has 0 heterocycles. The SMILES string of the molecule is CCC(=O)OCC1CCCC1c1ccc(C[SH](=O)=O)c(Cl)c1. The largest absolute Gasteiger partial charge is 0.465 e. The molecule has 6 heteroatoms. The van der Waals surface area contributed by atoms with Crippen LogP contribution in [0, 0.1) is 5.92 Å². The highest BCUT2D eigenvalue weighted by molar-refractivity contribution is 7.71. The minimum Gasteiger partial charge on any atom is -0.465 e. The zero-order chi connectivity index (χ0) is 16.1. The summed E-state index contributed by atoms with van der Waals surface area (Å²) >= 11 is 6.20. The fourth-order valence-corrected chi connectivity index (χ4v) is 3.94. The number of carbonyl (C=O) groups excluding carboxylic acids is 1. The Morgan fingerprint density at radius 2 is 2.14 bits per heavy atom. The number of halogens is 1. The van der Waals surface area contributed by atoms with Gasteiger partial charge in [0.05, 0.1) is 12.4 Å². The minimum absolute atomic E-state index is 0.0311. The zero-order valence-corrected chi connectivity index (χ0v) is 14.2. The minimum atomic E-state index is -2.48. The maximum absolute atomic E-state index is 11.3. The Kier molecular flexibility index (Phi) is 6.26. The van der Waals surface area contributed by atoms with E-state index in [4.69, 9.17) is 16.3 Å². The van der Waals surface area contributed by atoms with E-state index in [2.05, 4.69) is 0 Å². The molecule has 22 heavy (non-hydrogen) atoms. The first-order valence-electron chi connectivity index (χ1n) is 7.57. The lowest BCUT2D eigenvalue weighted by molar-refractivity contribution is -0.144. The maximum Gasteiger partial charge on any atom is 0.305 e. The molecule has 0 amide bonds. The molecule has 1 fully saturated rings. The highest BCUT2D eigenvalue weighted by atomic mass is 35.5. The van der Waals surface area contributed by atoms with E-state index in [9.17, 15) is 13.2 Å². The first kappa shape index (κ1) is 17.3. The molecule has 1 aliphatic carbocycles. The molecule has 0 aliphatic heterocycles. The Labute approximate surface area is 137 Å². The van der Waals surface area contributed by atoms with Gasteiger partial charge in [0.1, 0.15) is 10.7 Å². The molecule has 0 spiro atoms. The number of carbonyl (C=O) groups is 1. The van der Waals surface area contributed by atoms with Crippen LogP contribution in [0.1, 0.15) is 49.7 Å². The van der Waals surface area contributed by atoms with Gasteiger partial charge in [-0.15, -0.1) is 0 Å². The maximum atomic E-state index is 11.3. The summed E-state index contributed by atoms with van der Waals surface area (Å²) in [6, 6.07) is 5.60. The van der Waals surface area contributed by atoms with Gasteiger partial charge in [-0.2, -0.15) is 0 Å². The summed E-state index contributed by atoms with van der Waals surface area (Å²) in [6.07, 6.45) is 3.57. The van der Waals surface area contributed by atoms with E-state index in [1.54, 1.807) is 13.0 Å². The smallest absolute Gasteiger partial charge is 0.305 e. The van der Waals surface area contributed by atoms with Gasteiger partial charge in [-0.05, 0) is 41.9 Å². The Bertz CT molecular complexity index is 604. The van der Waals surface area contributed by atoms with Gasteiger partial charge in [-0.1, -0.05) is 37.1 Å². The molecule has 1 aliphatic rings. The van der Waals surface area contributed by atoms with Gasteiger partial charge >= 0.3 is 5.97 Å². The van der Waals surface area contributed by atoms with Crippen molar-refractivity contribution in [2.24, 2.45) is 5.92 Å². The third kappa shape index (κ3) is 4.46. The first-order valence-corrected chi connectivity index (χ1v) is 9.31. The van der Waals surface area contributed by atoms with E-state index < -0.39 is 10.7 Å². The van der Waals surface area contributed by atoms with Crippen molar-refractivity contribution in [1.82, 2.24) is 0 Å². The van der Waals surface area contributed by atoms with Crippen molar-refractivity contribution < 1.29 is 17.9 Å². The van der Waals surface area contributed by atoms with Crippen LogP contribution >= 0.6 is 11.6 Å². The van der Waals surface area contributed by atoms with Crippen LogP contribution in [-0.2, 0) is 26.0 Å². The number of rotatable bonds is 6. The standard InChI is InChI=1S/C16H21ClO4S/c1-2-16(18)21-9-12-4-3-5-14(12)11-6-7-13(10-22(19)20)15(17)8-11/h6-8,12,14,22H,2-5,9-10H2,1H3. The van der Waals surface area contributed by atoms with Crippen LogP contribution in [-0.4, -0.2) is 21.0 Å². The highest BCUT2D eigenvalue weighted by Crippen LogP contribution is 2.40. The average Bonchev–Trinajstić information content (AvgIpc) is 2.94. The van der Waals surface area contributed by atoms with Gasteiger partial charge in [-0.25, -0.2) is 8.42 Å². The molecule has 2 unspecified atom stereocenters. The van der Waals surface area contributed by atoms with Crippen molar-refractivity contribution in [3.8, 4) is 0 Å². The summed E-state index contributed by atoms with van der Waals surface area (Å²) in [5.74, 6) is 0.431. The fraction of sp³-hybridized carbons (Fsp3) is 0.562. The van der Waals surface area contributed by atoms with Crippen molar-refractivity contribution in [3.05, 3.63) is 34.3 Å². The molecule has 0 aromatic heterocycles. The molecule has 1 aromatic carbocycles. The second kappa shape index (κ2) is 7.97.